The maximum atomic E-state index is 12.5. The molecule has 0 unspecified atom stereocenters. The fourth-order valence-corrected chi connectivity index (χ4v) is 2.53. The fourth-order valence-electron chi connectivity index (χ4n) is 2.53. The predicted molar refractivity (Wildman–Crippen MR) is 108 cm³/mol. The zero-order valence-corrected chi connectivity index (χ0v) is 16.7. The molecular formula is C20H23N3O7. The van der Waals surface area contributed by atoms with Gasteiger partial charge in [-0.2, -0.15) is 0 Å². The van der Waals surface area contributed by atoms with Crippen molar-refractivity contribution in [2.45, 2.75) is 0 Å². The molecule has 0 aromatic heterocycles. The largest absolute Gasteiger partial charge is 0.493 e. The summed E-state index contributed by atoms with van der Waals surface area (Å²) >= 11 is 0. The number of nitrogens with one attached hydrogen (secondary N) is 2. The number of carbonyl (C=O) groups is 2. The third kappa shape index (κ3) is 6.17. The number of nitrogens with zero attached hydrogens (tertiary/aromatic N) is 1. The van der Waals surface area contributed by atoms with Crippen molar-refractivity contribution in [3.63, 3.8) is 0 Å². The van der Waals surface area contributed by atoms with E-state index >= 15 is 0 Å². The maximum absolute atomic E-state index is 12.5. The number of carbonyl (C=O) groups excluding carboxylic acids is 2. The molecule has 0 heterocycles. The number of nitro groups is 1. The summed E-state index contributed by atoms with van der Waals surface area (Å²) < 4.78 is 15.5. The molecule has 0 atom stereocenters. The number of rotatable bonds is 11. The molecule has 30 heavy (non-hydrogen) atoms. The molecule has 0 radical (unpaired) electrons. The quantitative estimate of drug-likeness (QED) is 0.324. The number of nitro benzene ring substituents is 1. The molecule has 0 saturated heterocycles. The van der Waals surface area contributed by atoms with Gasteiger partial charge >= 0.3 is 0 Å². The lowest BCUT2D eigenvalue weighted by atomic mass is 10.1. The molecular weight excluding hydrogens is 394 g/mol. The Balaban J connectivity index is 2.02. The Labute approximate surface area is 173 Å². The van der Waals surface area contributed by atoms with Crippen LogP contribution in [0.25, 0.3) is 0 Å². The van der Waals surface area contributed by atoms with Gasteiger partial charge in [0.15, 0.2) is 11.5 Å². The minimum atomic E-state index is -0.672. The van der Waals surface area contributed by atoms with Crippen LogP contribution in [0.15, 0.2) is 42.5 Å². The standard InChI is InChI=1S/C20H23N3O7/c1-28-10-11-30-18-13-16(23(26)27)15(12-17(18)29-2)20(25)22-9-8-21-19(24)14-6-4-3-5-7-14/h3-7,12-13H,8-11H2,1-2H3,(H,21,24)(H,22,25). The highest BCUT2D eigenvalue weighted by Crippen LogP contribution is 2.34. The first kappa shape index (κ1) is 22.6. The fraction of sp³-hybridized carbons (Fsp3) is 0.300. The summed E-state index contributed by atoms with van der Waals surface area (Å²) in [6.07, 6.45) is 0. The molecule has 0 saturated carbocycles. The number of hydrogen-bond donors (Lipinski definition) is 2. The summed E-state index contributed by atoms with van der Waals surface area (Å²) in [4.78, 5) is 35.2. The predicted octanol–water partition coefficient (Wildman–Crippen LogP) is 1.79. The SMILES string of the molecule is COCCOc1cc([N+](=O)[O-])c(C(=O)NCCNC(=O)c2ccccc2)cc1OC. The van der Waals surface area contributed by atoms with Crippen LogP contribution in [0.3, 0.4) is 0 Å². The molecule has 2 rings (SSSR count). The lowest BCUT2D eigenvalue weighted by Crippen LogP contribution is -2.34. The molecule has 0 aliphatic heterocycles. The van der Waals surface area contributed by atoms with Crippen LogP contribution < -0.4 is 20.1 Å². The van der Waals surface area contributed by atoms with Gasteiger partial charge in [-0.3, -0.25) is 19.7 Å². The van der Waals surface area contributed by atoms with Gasteiger partial charge in [-0.05, 0) is 12.1 Å². The van der Waals surface area contributed by atoms with Crippen molar-refractivity contribution < 1.29 is 28.7 Å². The Morgan fingerprint density at radius 3 is 2.23 bits per heavy atom. The Morgan fingerprint density at radius 1 is 0.967 bits per heavy atom. The van der Waals surface area contributed by atoms with Crippen molar-refractivity contribution in [3.05, 3.63) is 63.7 Å². The first-order valence-corrected chi connectivity index (χ1v) is 9.07. The minimum absolute atomic E-state index is 0.0863. The van der Waals surface area contributed by atoms with Crippen LogP contribution in [0.1, 0.15) is 20.7 Å². The van der Waals surface area contributed by atoms with E-state index in [1.165, 1.54) is 20.3 Å². The van der Waals surface area contributed by atoms with Crippen LogP contribution in [0.2, 0.25) is 0 Å². The lowest BCUT2D eigenvalue weighted by Gasteiger charge is -2.13. The van der Waals surface area contributed by atoms with Crippen LogP contribution >= 0.6 is 0 Å². The van der Waals surface area contributed by atoms with E-state index in [9.17, 15) is 19.7 Å². The maximum Gasteiger partial charge on any atom is 0.286 e. The summed E-state index contributed by atoms with van der Waals surface area (Å²) in [6.45, 7) is 0.691. The van der Waals surface area contributed by atoms with Gasteiger partial charge in [0.2, 0.25) is 0 Å². The lowest BCUT2D eigenvalue weighted by molar-refractivity contribution is -0.385. The van der Waals surface area contributed by atoms with E-state index in [1.807, 2.05) is 0 Å². The Kier molecular flexibility index (Phi) is 8.57. The molecule has 2 aromatic carbocycles. The Bertz CT molecular complexity index is 887. The number of ether oxygens (including phenoxy) is 3. The molecule has 0 aliphatic rings. The first-order valence-electron chi connectivity index (χ1n) is 9.07. The number of hydrogen-bond acceptors (Lipinski definition) is 7. The van der Waals surface area contributed by atoms with E-state index in [2.05, 4.69) is 10.6 Å². The number of methoxy groups -OCH3 is 2. The summed E-state index contributed by atoms with van der Waals surface area (Å²) in [6, 6.07) is 11.0. The summed E-state index contributed by atoms with van der Waals surface area (Å²) in [7, 11) is 2.86. The number of amides is 2. The average molecular weight is 417 g/mol. The van der Waals surface area contributed by atoms with E-state index in [1.54, 1.807) is 30.3 Å². The van der Waals surface area contributed by atoms with E-state index < -0.39 is 16.5 Å². The first-order chi connectivity index (χ1) is 14.5. The molecule has 2 amide bonds. The van der Waals surface area contributed by atoms with Gasteiger partial charge in [0, 0.05) is 31.8 Å². The third-order valence-electron chi connectivity index (χ3n) is 4.00. The monoisotopic (exact) mass is 417 g/mol. The van der Waals surface area contributed by atoms with Crippen molar-refractivity contribution in [1.82, 2.24) is 10.6 Å². The van der Waals surface area contributed by atoms with Crippen molar-refractivity contribution in [2.24, 2.45) is 0 Å². The number of benzene rings is 2. The summed E-state index contributed by atoms with van der Waals surface area (Å²) in [5.41, 5.74) is -0.104. The summed E-state index contributed by atoms with van der Waals surface area (Å²) in [5.74, 6) is -0.639. The minimum Gasteiger partial charge on any atom is -0.493 e. The van der Waals surface area contributed by atoms with E-state index in [-0.39, 0.29) is 49.3 Å². The van der Waals surface area contributed by atoms with Gasteiger partial charge in [-0.15, -0.1) is 0 Å². The van der Waals surface area contributed by atoms with Crippen LogP contribution in [-0.2, 0) is 4.74 Å². The van der Waals surface area contributed by atoms with Crippen molar-refractivity contribution >= 4 is 17.5 Å². The Morgan fingerprint density at radius 2 is 1.63 bits per heavy atom. The molecule has 2 aromatic rings. The van der Waals surface area contributed by atoms with Gasteiger partial charge < -0.3 is 24.8 Å². The van der Waals surface area contributed by atoms with Crippen LogP contribution in [-0.4, -0.2) is 57.3 Å². The topological polar surface area (TPSA) is 129 Å². The van der Waals surface area contributed by atoms with Crippen LogP contribution in [0.4, 0.5) is 5.69 Å². The van der Waals surface area contributed by atoms with Crippen LogP contribution in [0, 0.1) is 10.1 Å². The van der Waals surface area contributed by atoms with E-state index in [4.69, 9.17) is 14.2 Å². The second-order valence-electron chi connectivity index (χ2n) is 6.00. The molecule has 2 N–H and O–H groups in total. The van der Waals surface area contributed by atoms with Crippen molar-refractivity contribution in [2.75, 3.05) is 40.5 Å². The van der Waals surface area contributed by atoms with Crippen LogP contribution in [0.5, 0.6) is 11.5 Å². The second kappa shape index (κ2) is 11.4. The average Bonchev–Trinajstić information content (AvgIpc) is 2.76. The highest BCUT2D eigenvalue weighted by Gasteiger charge is 2.24. The second-order valence-corrected chi connectivity index (χ2v) is 6.00. The highest BCUT2D eigenvalue weighted by atomic mass is 16.6. The van der Waals surface area contributed by atoms with E-state index in [0.29, 0.717) is 5.56 Å². The normalized spacial score (nSPS) is 10.2. The molecule has 0 fully saturated rings. The molecule has 10 nitrogen and oxygen atoms in total. The molecule has 0 bridgehead atoms. The molecule has 0 spiro atoms. The molecule has 10 heteroatoms. The highest BCUT2D eigenvalue weighted by molar-refractivity contribution is 5.99. The van der Waals surface area contributed by atoms with Gasteiger partial charge in [-0.25, -0.2) is 0 Å². The summed E-state index contributed by atoms with van der Waals surface area (Å²) in [5, 5.41) is 16.6. The van der Waals surface area contributed by atoms with Gasteiger partial charge in [0.25, 0.3) is 17.5 Å². The van der Waals surface area contributed by atoms with Crippen molar-refractivity contribution in [1.29, 1.82) is 0 Å². The zero-order chi connectivity index (χ0) is 21.9. The van der Waals surface area contributed by atoms with Gasteiger partial charge in [-0.1, -0.05) is 18.2 Å². The third-order valence-corrected chi connectivity index (χ3v) is 4.00. The smallest absolute Gasteiger partial charge is 0.286 e. The van der Waals surface area contributed by atoms with E-state index in [0.717, 1.165) is 6.07 Å². The molecule has 160 valence electrons. The van der Waals surface area contributed by atoms with Crippen molar-refractivity contribution in [3.8, 4) is 11.5 Å². The Hall–Kier alpha value is -3.66. The van der Waals surface area contributed by atoms with Gasteiger partial charge in [0.1, 0.15) is 12.2 Å². The van der Waals surface area contributed by atoms with Gasteiger partial charge in [0.05, 0.1) is 24.7 Å². The molecule has 0 aliphatic carbocycles. The zero-order valence-electron chi connectivity index (χ0n) is 16.7.